The smallest absolute Gasteiger partial charge is 0.306 e. The van der Waals surface area contributed by atoms with E-state index in [9.17, 15) is 4.79 Å². The number of ether oxygens (including phenoxy) is 1. The summed E-state index contributed by atoms with van der Waals surface area (Å²) >= 11 is 1.56. The van der Waals surface area contributed by atoms with Crippen LogP contribution in [0.1, 0.15) is 13.3 Å². The number of pyridine rings is 1. The second kappa shape index (κ2) is 6.43. The van der Waals surface area contributed by atoms with Crippen LogP contribution in [-0.4, -0.2) is 23.3 Å². The Morgan fingerprint density at radius 1 is 1.57 bits per heavy atom. The first-order valence-electron chi connectivity index (χ1n) is 4.52. The van der Waals surface area contributed by atoms with Crippen molar-refractivity contribution >= 4 is 17.7 Å². The van der Waals surface area contributed by atoms with Gasteiger partial charge in [-0.1, -0.05) is 6.07 Å². The molecule has 0 aromatic carbocycles. The van der Waals surface area contributed by atoms with Crippen LogP contribution >= 0.6 is 11.8 Å². The Morgan fingerprint density at radius 2 is 2.43 bits per heavy atom. The summed E-state index contributed by atoms with van der Waals surface area (Å²) in [4.78, 5) is 15.1. The molecule has 1 rings (SSSR count). The van der Waals surface area contributed by atoms with Crippen molar-refractivity contribution in [1.29, 1.82) is 0 Å². The van der Waals surface area contributed by atoms with Crippen LogP contribution in [0.5, 0.6) is 0 Å². The number of carbonyl (C=O) groups is 1. The van der Waals surface area contributed by atoms with Crippen LogP contribution in [-0.2, 0) is 9.53 Å². The largest absolute Gasteiger partial charge is 0.466 e. The minimum Gasteiger partial charge on any atom is -0.466 e. The fourth-order valence-electron chi connectivity index (χ4n) is 0.905. The number of hydrogen-bond donors (Lipinski definition) is 0. The van der Waals surface area contributed by atoms with Crippen LogP contribution in [0.3, 0.4) is 0 Å². The molecule has 0 aliphatic carbocycles. The van der Waals surface area contributed by atoms with Crippen molar-refractivity contribution in [1.82, 2.24) is 4.98 Å². The molecular weight excluding hydrogens is 198 g/mol. The summed E-state index contributed by atoms with van der Waals surface area (Å²) in [7, 11) is 0. The molecule has 0 atom stereocenters. The van der Waals surface area contributed by atoms with Crippen molar-refractivity contribution in [2.24, 2.45) is 0 Å². The molecule has 0 fully saturated rings. The summed E-state index contributed by atoms with van der Waals surface area (Å²) in [5.74, 6) is 0.575. The number of hydrogen-bond acceptors (Lipinski definition) is 4. The van der Waals surface area contributed by atoms with Crippen molar-refractivity contribution in [3.8, 4) is 0 Å². The highest BCUT2D eigenvalue weighted by Crippen LogP contribution is 2.14. The molecule has 0 unspecified atom stereocenters. The zero-order valence-corrected chi connectivity index (χ0v) is 8.92. The van der Waals surface area contributed by atoms with Gasteiger partial charge in [0, 0.05) is 11.9 Å². The van der Waals surface area contributed by atoms with Gasteiger partial charge >= 0.3 is 5.97 Å². The predicted octanol–water partition coefficient (Wildman–Crippen LogP) is 2.13. The van der Waals surface area contributed by atoms with E-state index in [-0.39, 0.29) is 5.97 Å². The van der Waals surface area contributed by atoms with E-state index in [4.69, 9.17) is 4.74 Å². The molecule has 0 N–H and O–H groups in total. The van der Waals surface area contributed by atoms with Gasteiger partial charge in [-0.25, -0.2) is 4.98 Å². The molecule has 0 bridgehead atoms. The van der Waals surface area contributed by atoms with Crippen LogP contribution in [0, 0.1) is 0 Å². The van der Waals surface area contributed by atoms with Crippen LogP contribution in [0.2, 0.25) is 0 Å². The average Bonchev–Trinajstić information content (AvgIpc) is 2.20. The van der Waals surface area contributed by atoms with Gasteiger partial charge in [-0.05, 0) is 19.1 Å². The van der Waals surface area contributed by atoms with Crippen molar-refractivity contribution in [3.63, 3.8) is 0 Å². The zero-order chi connectivity index (χ0) is 10.2. The first kappa shape index (κ1) is 11.0. The molecule has 1 heterocycles. The fourth-order valence-corrected chi connectivity index (χ4v) is 1.69. The van der Waals surface area contributed by atoms with Gasteiger partial charge in [0.15, 0.2) is 0 Å². The molecule has 3 nitrogen and oxygen atoms in total. The first-order valence-corrected chi connectivity index (χ1v) is 5.51. The maximum atomic E-state index is 11.0. The number of thioether (sulfide) groups is 1. The van der Waals surface area contributed by atoms with E-state index in [1.54, 1.807) is 18.0 Å². The van der Waals surface area contributed by atoms with E-state index in [0.29, 0.717) is 13.0 Å². The lowest BCUT2D eigenvalue weighted by molar-refractivity contribution is -0.142. The van der Waals surface area contributed by atoms with Gasteiger partial charge in [-0.15, -0.1) is 11.8 Å². The van der Waals surface area contributed by atoms with Crippen LogP contribution < -0.4 is 0 Å². The molecule has 76 valence electrons. The quantitative estimate of drug-likeness (QED) is 0.552. The van der Waals surface area contributed by atoms with Gasteiger partial charge in [0.25, 0.3) is 0 Å². The third-order valence-electron chi connectivity index (χ3n) is 1.50. The van der Waals surface area contributed by atoms with Gasteiger partial charge in [-0.3, -0.25) is 4.79 Å². The summed E-state index contributed by atoms with van der Waals surface area (Å²) in [6.45, 7) is 2.26. The van der Waals surface area contributed by atoms with Gasteiger partial charge < -0.3 is 4.74 Å². The van der Waals surface area contributed by atoms with Crippen molar-refractivity contribution < 1.29 is 9.53 Å². The zero-order valence-electron chi connectivity index (χ0n) is 8.10. The fraction of sp³-hybridized carbons (Fsp3) is 0.400. The molecule has 1 aromatic rings. The average molecular weight is 211 g/mol. The Bertz CT molecular complexity index is 277. The first-order chi connectivity index (χ1) is 6.83. The van der Waals surface area contributed by atoms with E-state index in [2.05, 4.69) is 4.98 Å². The molecule has 14 heavy (non-hydrogen) atoms. The Balaban J connectivity index is 2.19. The molecular formula is C10H13NO2S. The lowest BCUT2D eigenvalue weighted by Gasteiger charge is -2.00. The van der Waals surface area contributed by atoms with E-state index in [1.165, 1.54) is 0 Å². The maximum Gasteiger partial charge on any atom is 0.306 e. The van der Waals surface area contributed by atoms with Gasteiger partial charge in [0.1, 0.15) is 0 Å². The number of nitrogens with zero attached hydrogens (tertiary/aromatic N) is 1. The summed E-state index contributed by atoms with van der Waals surface area (Å²) in [5.41, 5.74) is 0. The predicted molar refractivity (Wildman–Crippen MR) is 56.2 cm³/mol. The lowest BCUT2D eigenvalue weighted by atomic mass is 10.5. The van der Waals surface area contributed by atoms with Crippen LogP contribution in [0.4, 0.5) is 0 Å². The van der Waals surface area contributed by atoms with Crippen molar-refractivity contribution in [2.45, 2.75) is 18.4 Å². The van der Waals surface area contributed by atoms with Crippen molar-refractivity contribution in [3.05, 3.63) is 24.4 Å². The molecule has 4 heteroatoms. The summed E-state index contributed by atoms with van der Waals surface area (Å²) in [6, 6.07) is 5.73. The highest BCUT2D eigenvalue weighted by Gasteiger charge is 2.01. The van der Waals surface area contributed by atoms with E-state index < -0.39 is 0 Å². The topological polar surface area (TPSA) is 39.2 Å². The lowest BCUT2D eigenvalue weighted by Crippen LogP contribution is -2.04. The SMILES string of the molecule is CCOC(=O)CCSc1ccccn1. The third kappa shape index (κ3) is 4.28. The Labute approximate surface area is 87.9 Å². The van der Waals surface area contributed by atoms with Crippen LogP contribution in [0.15, 0.2) is 29.4 Å². The highest BCUT2D eigenvalue weighted by atomic mass is 32.2. The van der Waals surface area contributed by atoms with Crippen LogP contribution in [0.25, 0.3) is 0 Å². The molecule has 0 aliphatic heterocycles. The second-order valence-electron chi connectivity index (χ2n) is 2.57. The third-order valence-corrected chi connectivity index (χ3v) is 2.44. The van der Waals surface area contributed by atoms with E-state index in [0.717, 1.165) is 10.8 Å². The standard InChI is InChI=1S/C10H13NO2S/c1-2-13-10(12)6-8-14-9-5-3-4-7-11-9/h3-5,7H,2,6,8H2,1H3. The van der Waals surface area contributed by atoms with E-state index >= 15 is 0 Å². The molecule has 0 spiro atoms. The number of esters is 1. The molecule has 0 amide bonds. The summed E-state index contributed by atoms with van der Waals surface area (Å²) < 4.78 is 4.81. The molecule has 0 saturated carbocycles. The number of aromatic nitrogens is 1. The van der Waals surface area contributed by atoms with Gasteiger partial charge in [-0.2, -0.15) is 0 Å². The summed E-state index contributed by atoms with van der Waals surface area (Å²) in [6.07, 6.45) is 2.18. The normalized spacial score (nSPS) is 9.79. The number of rotatable bonds is 5. The highest BCUT2D eigenvalue weighted by molar-refractivity contribution is 7.99. The molecule has 0 aliphatic rings. The molecule has 0 radical (unpaired) electrons. The summed E-state index contributed by atoms with van der Waals surface area (Å²) in [5, 5.41) is 0.941. The maximum absolute atomic E-state index is 11.0. The molecule has 1 aromatic heterocycles. The number of carbonyl (C=O) groups excluding carboxylic acids is 1. The van der Waals surface area contributed by atoms with Crippen molar-refractivity contribution in [2.75, 3.05) is 12.4 Å². The van der Waals surface area contributed by atoms with E-state index in [1.807, 2.05) is 25.1 Å². The molecule has 0 saturated heterocycles. The minimum atomic E-state index is -0.143. The Kier molecular flexibility index (Phi) is 5.07. The second-order valence-corrected chi connectivity index (χ2v) is 3.69. The van der Waals surface area contributed by atoms with Gasteiger partial charge in [0.05, 0.1) is 18.1 Å². The Morgan fingerprint density at radius 3 is 3.07 bits per heavy atom. The minimum absolute atomic E-state index is 0.143. The van der Waals surface area contributed by atoms with Gasteiger partial charge in [0.2, 0.25) is 0 Å². The Hall–Kier alpha value is -1.03. The monoisotopic (exact) mass is 211 g/mol.